The highest BCUT2D eigenvalue weighted by Crippen LogP contribution is 2.29. The van der Waals surface area contributed by atoms with Gasteiger partial charge >= 0.3 is 11.9 Å². The van der Waals surface area contributed by atoms with Crippen molar-refractivity contribution in [3.63, 3.8) is 0 Å². The topological polar surface area (TPSA) is 107 Å². The van der Waals surface area contributed by atoms with Crippen molar-refractivity contribution in [1.82, 2.24) is 0 Å². The van der Waals surface area contributed by atoms with Crippen molar-refractivity contribution < 1.29 is 24.9 Å². The van der Waals surface area contributed by atoms with Gasteiger partial charge in [-0.15, -0.1) is 0 Å². The molecule has 1 aliphatic heterocycles. The number of aliphatic hydroxyl groups excluding tert-OH is 1. The second kappa shape index (κ2) is 4.61. The predicted molar refractivity (Wildman–Crippen MR) is 55.4 cm³/mol. The van der Waals surface area contributed by atoms with Crippen LogP contribution in [-0.4, -0.2) is 45.1 Å². The van der Waals surface area contributed by atoms with E-state index in [1.54, 1.807) is 6.92 Å². The van der Waals surface area contributed by atoms with E-state index in [0.29, 0.717) is 0 Å². The summed E-state index contributed by atoms with van der Waals surface area (Å²) in [7, 11) is 0. The molecule has 1 heterocycles. The van der Waals surface area contributed by atoms with E-state index < -0.39 is 30.0 Å². The molecule has 0 spiro atoms. The second-order valence-electron chi connectivity index (χ2n) is 4.16. The molecule has 0 bridgehead atoms. The van der Waals surface area contributed by atoms with E-state index >= 15 is 0 Å². The molecule has 16 heavy (non-hydrogen) atoms. The van der Waals surface area contributed by atoms with Crippen molar-refractivity contribution in [2.24, 2.45) is 16.8 Å². The number of aliphatic imine (C=N–C) groups is 1. The maximum absolute atomic E-state index is 11.0. The molecule has 0 amide bonds. The quantitative estimate of drug-likeness (QED) is 0.629. The van der Waals surface area contributed by atoms with Gasteiger partial charge in [0.05, 0.1) is 12.1 Å². The molecule has 90 valence electrons. The van der Waals surface area contributed by atoms with E-state index in [-0.39, 0.29) is 18.1 Å². The number of nitrogens with zero attached hydrogens (tertiary/aromatic N) is 1. The third kappa shape index (κ3) is 2.38. The number of aliphatic hydroxyl groups is 1. The summed E-state index contributed by atoms with van der Waals surface area (Å²) >= 11 is 0. The highest BCUT2D eigenvalue weighted by atomic mass is 16.4. The van der Waals surface area contributed by atoms with Gasteiger partial charge in [0.25, 0.3) is 0 Å². The highest BCUT2D eigenvalue weighted by Gasteiger charge is 2.40. The van der Waals surface area contributed by atoms with Gasteiger partial charge in [0, 0.05) is 6.42 Å². The minimum atomic E-state index is -1.15. The molecule has 0 aliphatic carbocycles. The van der Waals surface area contributed by atoms with Crippen molar-refractivity contribution in [3.05, 3.63) is 0 Å². The Bertz CT molecular complexity index is 336. The van der Waals surface area contributed by atoms with Gasteiger partial charge < -0.3 is 15.3 Å². The van der Waals surface area contributed by atoms with Crippen LogP contribution in [0.3, 0.4) is 0 Å². The molecule has 6 nitrogen and oxygen atoms in total. The molecular formula is C10H15NO5. The lowest BCUT2D eigenvalue weighted by atomic mass is 9.86. The molecule has 0 radical (unpaired) electrons. The Morgan fingerprint density at radius 2 is 2.00 bits per heavy atom. The Morgan fingerprint density at radius 1 is 1.44 bits per heavy atom. The van der Waals surface area contributed by atoms with Gasteiger partial charge in [-0.1, -0.05) is 6.92 Å². The first-order valence-electron chi connectivity index (χ1n) is 5.05. The number of hydrogen-bond donors (Lipinski definition) is 3. The lowest BCUT2D eigenvalue weighted by Crippen LogP contribution is -2.37. The molecule has 1 aliphatic rings. The van der Waals surface area contributed by atoms with Crippen molar-refractivity contribution in [2.45, 2.75) is 32.4 Å². The zero-order valence-electron chi connectivity index (χ0n) is 9.12. The average molecular weight is 229 g/mol. The van der Waals surface area contributed by atoms with Crippen LogP contribution in [0, 0.1) is 11.8 Å². The predicted octanol–water partition coefficient (Wildman–Crippen LogP) is 0.00200. The first-order valence-corrected chi connectivity index (χ1v) is 5.05. The molecule has 4 unspecified atom stereocenters. The van der Waals surface area contributed by atoms with E-state index in [4.69, 9.17) is 10.2 Å². The average Bonchev–Trinajstić information content (AvgIpc) is 2.47. The van der Waals surface area contributed by atoms with Crippen LogP contribution in [0.25, 0.3) is 0 Å². The van der Waals surface area contributed by atoms with E-state index in [1.165, 1.54) is 6.92 Å². The number of rotatable bonds is 4. The van der Waals surface area contributed by atoms with Crippen LogP contribution in [0.15, 0.2) is 4.99 Å². The molecule has 4 atom stereocenters. The molecule has 1 rings (SSSR count). The van der Waals surface area contributed by atoms with Crippen LogP contribution in [0.1, 0.15) is 20.3 Å². The maximum Gasteiger partial charge on any atom is 0.349 e. The van der Waals surface area contributed by atoms with Crippen molar-refractivity contribution >= 4 is 17.7 Å². The zero-order chi connectivity index (χ0) is 12.5. The van der Waals surface area contributed by atoms with Crippen LogP contribution in [-0.2, 0) is 9.59 Å². The molecular weight excluding hydrogens is 214 g/mol. The summed E-state index contributed by atoms with van der Waals surface area (Å²) in [5.41, 5.74) is -0.00981. The number of carboxylic acid groups (broad SMARTS) is 2. The molecule has 0 saturated heterocycles. The minimum absolute atomic E-state index is 0.00981. The Hall–Kier alpha value is -1.43. The third-order valence-electron chi connectivity index (χ3n) is 2.82. The highest BCUT2D eigenvalue weighted by molar-refractivity contribution is 6.36. The van der Waals surface area contributed by atoms with Crippen molar-refractivity contribution in [1.29, 1.82) is 0 Å². The van der Waals surface area contributed by atoms with Gasteiger partial charge in [0.1, 0.15) is 11.6 Å². The van der Waals surface area contributed by atoms with Gasteiger partial charge in [-0.25, -0.2) is 4.79 Å². The first kappa shape index (κ1) is 12.6. The lowest BCUT2D eigenvalue weighted by molar-refractivity contribution is -0.146. The molecule has 0 aromatic rings. The van der Waals surface area contributed by atoms with E-state index in [1.807, 2.05) is 0 Å². The number of hydrogen-bond acceptors (Lipinski definition) is 4. The number of carboxylic acids is 2. The minimum Gasteiger partial charge on any atom is -0.481 e. The third-order valence-corrected chi connectivity index (χ3v) is 2.82. The van der Waals surface area contributed by atoms with Gasteiger partial charge in [-0.05, 0) is 12.8 Å². The number of aliphatic carboxylic acids is 2. The van der Waals surface area contributed by atoms with E-state index in [0.717, 1.165) is 0 Å². The van der Waals surface area contributed by atoms with Crippen LogP contribution >= 0.6 is 0 Å². The van der Waals surface area contributed by atoms with Crippen LogP contribution in [0.5, 0.6) is 0 Å². The Balaban J connectivity index is 2.94. The van der Waals surface area contributed by atoms with Crippen LogP contribution in [0.4, 0.5) is 0 Å². The summed E-state index contributed by atoms with van der Waals surface area (Å²) in [5, 5.41) is 27.1. The van der Waals surface area contributed by atoms with Gasteiger partial charge in [0.2, 0.25) is 0 Å². The second-order valence-corrected chi connectivity index (χ2v) is 4.16. The fourth-order valence-electron chi connectivity index (χ4n) is 2.00. The summed E-state index contributed by atoms with van der Waals surface area (Å²) < 4.78 is 0. The first-order chi connectivity index (χ1) is 7.34. The van der Waals surface area contributed by atoms with E-state index in [2.05, 4.69) is 4.99 Å². The Kier molecular flexibility index (Phi) is 3.64. The zero-order valence-corrected chi connectivity index (χ0v) is 9.12. The largest absolute Gasteiger partial charge is 0.481 e. The molecule has 0 aromatic heterocycles. The Morgan fingerprint density at radius 3 is 2.31 bits per heavy atom. The standard InChI is InChI=1S/C10H15NO5/c1-4-3-6(9(13)14)11-8(4)7(5(2)12)10(15)16/h4-5,7-8,12H,3H2,1-2H3,(H,13,14)(H,15,16). The molecule has 6 heteroatoms. The van der Waals surface area contributed by atoms with E-state index in [9.17, 15) is 14.7 Å². The smallest absolute Gasteiger partial charge is 0.349 e. The fourth-order valence-corrected chi connectivity index (χ4v) is 2.00. The summed E-state index contributed by atoms with van der Waals surface area (Å²) in [6, 6.07) is -0.663. The monoisotopic (exact) mass is 229 g/mol. The lowest BCUT2D eigenvalue weighted by Gasteiger charge is -2.23. The summed E-state index contributed by atoms with van der Waals surface area (Å²) in [6.07, 6.45) is -0.807. The maximum atomic E-state index is 11.0. The van der Waals surface area contributed by atoms with Gasteiger partial charge in [-0.2, -0.15) is 0 Å². The van der Waals surface area contributed by atoms with Gasteiger partial charge in [0.15, 0.2) is 0 Å². The SMILES string of the molecule is CC(O)C(C(=O)O)C1N=C(C(=O)O)CC1C. The summed E-state index contributed by atoms with van der Waals surface area (Å²) in [4.78, 5) is 25.6. The van der Waals surface area contributed by atoms with Crippen LogP contribution in [0.2, 0.25) is 0 Å². The molecule has 0 aromatic carbocycles. The summed E-state index contributed by atoms with van der Waals surface area (Å²) in [6.45, 7) is 3.11. The van der Waals surface area contributed by atoms with Crippen molar-refractivity contribution in [2.75, 3.05) is 0 Å². The fraction of sp³-hybridized carbons (Fsp3) is 0.700. The Labute approximate surface area is 92.6 Å². The summed E-state index contributed by atoms with van der Waals surface area (Å²) in [5.74, 6) is -3.50. The van der Waals surface area contributed by atoms with Crippen molar-refractivity contribution in [3.8, 4) is 0 Å². The molecule has 0 fully saturated rings. The molecule has 0 saturated carbocycles. The number of carbonyl (C=O) groups is 2. The molecule has 3 N–H and O–H groups in total. The van der Waals surface area contributed by atoms with Crippen LogP contribution < -0.4 is 0 Å². The van der Waals surface area contributed by atoms with Gasteiger partial charge in [-0.3, -0.25) is 9.79 Å². The normalized spacial score (nSPS) is 28.3.